The average molecular weight is 398 g/mol. The second-order valence-electron chi connectivity index (χ2n) is 6.28. The lowest BCUT2D eigenvalue weighted by Crippen LogP contribution is -2.31. The van der Waals surface area contributed by atoms with Crippen LogP contribution in [0.2, 0.25) is 5.02 Å². The number of aromatic amines is 1. The first-order chi connectivity index (χ1) is 13.5. The van der Waals surface area contributed by atoms with E-state index in [4.69, 9.17) is 16.1 Å². The van der Waals surface area contributed by atoms with Crippen LogP contribution in [0.15, 0.2) is 47.2 Å². The van der Waals surface area contributed by atoms with Crippen LogP contribution in [0.25, 0.3) is 22.3 Å². The molecule has 0 fully saturated rings. The number of aromatic nitrogens is 4. The average Bonchev–Trinajstić information content (AvgIpc) is 3.33. The Morgan fingerprint density at radius 1 is 1.36 bits per heavy atom. The standard InChI is InChI=1S/C19H16ClN5O3/c1-10-2-4-15(21-7-10)18(27)23-16(9-26)19-24-17(25-28-19)13-8-22-14-5-3-11(20)6-12(13)14/h2-8,16,22,26H,9H2,1H3,(H,23,27)/t16-/m0/s1. The van der Waals surface area contributed by atoms with E-state index in [0.717, 1.165) is 16.5 Å². The molecular formula is C19H16ClN5O3. The molecule has 1 amide bonds. The van der Waals surface area contributed by atoms with Crippen molar-refractivity contribution in [1.82, 2.24) is 25.4 Å². The summed E-state index contributed by atoms with van der Waals surface area (Å²) in [5.74, 6) is -0.0308. The number of aryl methyl sites for hydroxylation is 1. The lowest BCUT2D eigenvalue weighted by molar-refractivity contribution is 0.0896. The number of aliphatic hydroxyl groups is 1. The molecule has 142 valence electrons. The van der Waals surface area contributed by atoms with Gasteiger partial charge in [0.1, 0.15) is 11.7 Å². The van der Waals surface area contributed by atoms with Crippen LogP contribution in [0.1, 0.15) is 28.0 Å². The molecule has 0 saturated heterocycles. The van der Waals surface area contributed by atoms with Gasteiger partial charge in [0.25, 0.3) is 11.8 Å². The van der Waals surface area contributed by atoms with E-state index in [1.807, 2.05) is 13.0 Å². The van der Waals surface area contributed by atoms with Crippen molar-refractivity contribution < 1.29 is 14.4 Å². The Bertz CT molecular complexity index is 1140. The summed E-state index contributed by atoms with van der Waals surface area (Å²) in [7, 11) is 0. The third-order valence-electron chi connectivity index (χ3n) is 4.26. The summed E-state index contributed by atoms with van der Waals surface area (Å²) in [5, 5.41) is 17.7. The van der Waals surface area contributed by atoms with Crippen LogP contribution in [-0.4, -0.2) is 37.7 Å². The molecule has 28 heavy (non-hydrogen) atoms. The van der Waals surface area contributed by atoms with Crippen molar-refractivity contribution >= 4 is 28.4 Å². The van der Waals surface area contributed by atoms with Gasteiger partial charge in [-0.25, -0.2) is 0 Å². The minimum atomic E-state index is -0.856. The molecule has 0 aliphatic rings. The van der Waals surface area contributed by atoms with E-state index in [-0.39, 0.29) is 11.6 Å². The van der Waals surface area contributed by atoms with Crippen LogP contribution in [0.4, 0.5) is 0 Å². The van der Waals surface area contributed by atoms with Crippen LogP contribution in [0, 0.1) is 6.92 Å². The van der Waals surface area contributed by atoms with Crippen molar-refractivity contribution in [3.63, 3.8) is 0 Å². The van der Waals surface area contributed by atoms with Crippen molar-refractivity contribution in [2.45, 2.75) is 13.0 Å². The van der Waals surface area contributed by atoms with E-state index in [1.165, 1.54) is 0 Å². The molecule has 0 aliphatic heterocycles. The number of nitrogens with one attached hydrogen (secondary N) is 2. The molecule has 9 heteroatoms. The molecule has 0 unspecified atom stereocenters. The Labute approximate surface area is 164 Å². The zero-order valence-electron chi connectivity index (χ0n) is 14.8. The lowest BCUT2D eigenvalue weighted by Gasteiger charge is -2.11. The van der Waals surface area contributed by atoms with E-state index in [2.05, 4.69) is 25.4 Å². The fourth-order valence-corrected chi connectivity index (χ4v) is 2.96. The predicted octanol–water partition coefficient (Wildman–Crippen LogP) is 3.04. The number of amides is 1. The number of aliphatic hydroxyl groups excluding tert-OH is 1. The maximum atomic E-state index is 12.4. The fourth-order valence-electron chi connectivity index (χ4n) is 2.78. The molecule has 4 rings (SSSR count). The maximum Gasteiger partial charge on any atom is 0.270 e. The normalized spacial score (nSPS) is 12.2. The summed E-state index contributed by atoms with van der Waals surface area (Å²) in [6.07, 6.45) is 3.34. The first-order valence-corrected chi connectivity index (χ1v) is 8.88. The van der Waals surface area contributed by atoms with Gasteiger partial charge in [0.05, 0.1) is 6.61 Å². The molecule has 3 aromatic heterocycles. The molecule has 0 radical (unpaired) electrons. The van der Waals surface area contributed by atoms with Crippen LogP contribution in [0.5, 0.6) is 0 Å². The molecule has 8 nitrogen and oxygen atoms in total. The van der Waals surface area contributed by atoms with Gasteiger partial charge in [-0.2, -0.15) is 4.98 Å². The first kappa shape index (κ1) is 18.1. The smallest absolute Gasteiger partial charge is 0.270 e. The third kappa shape index (κ3) is 3.47. The summed E-state index contributed by atoms with van der Waals surface area (Å²) in [6, 6.07) is 7.96. The highest BCUT2D eigenvalue weighted by Gasteiger charge is 2.23. The number of benzene rings is 1. The second kappa shape index (κ2) is 7.41. The molecule has 4 aromatic rings. The number of carbonyl (C=O) groups excluding carboxylic acids is 1. The van der Waals surface area contributed by atoms with Gasteiger partial charge < -0.3 is 19.9 Å². The Kier molecular flexibility index (Phi) is 4.81. The molecule has 0 spiro atoms. The topological polar surface area (TPSA) is 117 Å². The van der Waals surface area contributed by atoms with Crippen LogP contribution in [-0.2, 0) is 0 Å². The van der Waals surface area contributed by atoms with Gasteiger partial charge in [-0.15, -0.1) is 0 Å². The second-order valence-corrected chi connectivity index (χ2v) is 6.71. The number of rotatable bonds is 5. The van der Waals surface area contributed by atoms with Gasteiger partial charge >= 0.3 is 0 Å². The summed E-state index contributed by atoms with van der Waals surface area (Å²) >= 11 is 6.07. The highest BCUT2D eigenvalue weighted by Crippen LogP contribution is 2.29. The molecule has 1 atom stereocenters. The van der Waals surface area contributed by atoms with Crippen molar-refractivity contribution in [2.75, 3.05) is 6.61 Å². The van der Waals surface area contributed by atoms with Crippen molar-refractivity contribution in [2.24, 2.45) is 0 Å². The molecule has 0 bridgehead atoms. The zero-order valence-corrected chi connectivity index (χ0v) is 15.6. The Morgan fingerprint density at radius 3 is 2.96 bits per heavy atom. The molecular weight excluding hydrogens is 382 g/mol. The fraction of sp³-hybridized carbons (Fsp3) is 0.158. The van der Waals surface area contributed by atoms with Gasteiger partial charge in [0, 0.05) is 33.9 Å². The minimum Gasteiger partial charge on any atom is -0.394 e. The summed E-state index contributed by atoms with van der Waals surface area (Å²) < 4.78 is 5.27. The summed E-state index contributed by atoms with van der Waals surface area (Å²) in [5.41, 5.74) is 2.75. The number of halogens is 1. The number of hydrogen-bond donors (Lipinski definition) is 3. The number of H-pyrrole nitrogens is 1. The van der Waals surface area contributed by atoms with Gasteiger partial charge in [-0.1, -0.05) is 22.8 Å². The van der Waals surface area contributed by atoms with Gasteiger partial charge in [0.15, 0.2) is 0 Å². The van der Waals surface area contributed by atoms with E-state index >= 15 is 0 Å². The van der Waals surface area contributed by atoms with E-state index in [0.29, 0.717) is 16.4 Å². The van der Waals surface area contributed by atoms with Gasteiger partial charge in [-0.3, -0.25) is 9.78 Å². The molecule has 1 aromatic carbocycles. The first-order valence-electron chi connectivity index (χ1n) is 8.50. The highest BCUT2D eigenvalue weighted by atomic mass is 35.5. The number of pyridine rings is 1. The summed E-state index contributed by atoms with van der Waals surface area (Å²) in [4.78, 5) is 23.9. The van der Waals surface area contributed by atoms with E-state index in [1.54, 1.807) is 36.7 Å². The maximum absolute atomic E-state index is 12.4. The quantitative estimate of drug-likeness (QED) is 0.476. The zero-order chi connectivity index (χ0) is 19.7. The largest absolute Gasteiger partial charge is 0.394 e. The predicted molar refractivity (Wildman–Crippen MR) is 103 cm³/mol. The van der Waals surface area contributed by atoms with Gasteiger partial charge in [-0.05, 0) is 36.8 Å². The Morgan fingerprint density at radius 2 is 2.21 bits per heavy atom. The molecule has 0 saturated carbocycles. The van der Waals surface area contributed by atoms with Crippen LogP contribution >= 0.6 is 11.6 Å². The van der Waals surface area contributed by atoms with Crippen LogP contribution < -0.4 is 5.32 Å². The number of nitrogens with zero attached hydrogens (tertiary/aromatic N) is 3. The Hall–Kier alpha value is -3.23. The molecule has 3 N–H and O–H groups in total. The minimum absolute atomic E-state index is 0.0920. The SMILES string of the molecule is Cc1ccc(C(=O)N[C@@H](CO)c2nc(-c3c[nH]c4ccc(Cl)cc34)no2)nc1. The van der Waals surface area contributed by atoms with Crippen LogP contribution in [0.3, 0.4) is 0 Å². The number of fused-ring (bicyclic) bond motifs is 1. The number of carbonyl (C=O) groups is 1. The summed E-state index contributed by atoms with van der Waals surface area (Å²) in [6.45, 7) is 1.47. The molecule has 0 aliphatic carbocycles. The van der Waals surface area contributed by atoms with Crippen molar-refractivity contribution in [3.8, 4) is 11.4 Å². The van der Waals surface area contributed by atoms with Gasteiger partial charge in [0.2, 0.25) is 5.82 Å². The van der Waals surface area contributed by atoms with Crippen molar-refractivity contribution in [1.29, 1.82) is 0 Å². The van der Waals surface area contributed by atoms with E-state index < -0.39 is 18.6 Å². The highest BCUT2D eigenvalue weighted by molar-refractivity contribution is 6.31. The molecule has 3 heterocycles. The monoisotopic (exact) mass is 397 g/mol. The Balaban J connectivity index is 1.58. The third-order valence-corrected chi connectivity index (χ3v) is 4.49. The lowest BCUT2D eigenvalue weighted by atomic mass is 10.1. The van der Waals surface area contributed by atoms with E-state index in [9.17, 15) is 9.90 Å². The number of hydrogen-bond acceptors (Lipinski definition) is 6. The van der Waals surface area contributed by atoms with Crippen molar-refractivity contribution in [3.05, 3.63) is 64.9 Å².